The van der Waals surface area contributed by atoms with E-state index in [4.69, 9.17) is 16.0 Å². The number of halogens is 1. The van der Waals surface area contributed by atoms with Gasteiger partial charge in [-0.1, -0.05) is 25.4 Å². The summed E-state index contributed by atoms with van der Waals surface area (Å²) in [5.41, 5.74) is 2.50. The first-order valence-electron chi connectivity index (χ1n) is 10.3. The van der Waals surface area contributed by atoms with Crippen LogP contribution in [-0.2, 0) is 0 Å². The second-order valence-corrected chi connectivity index (χ2v) is 8.27. The Morgan fingerprint density at radius 2 is 1.94 bits per heavy atom. The minimum atomic E-state index is -0.121. The maximum absolute atomic E-state index is 12.7. The number of nitrogens with zero attached hydrogens (tertiary/aromatic N) is 5. The van der Waals surface area contributed by atoms with Crippen LogP contribution < -0.4 is 10.2 Å². The van der Waals surface area contributed by atoms with Gasteiger partial charge in [-0.05, 0) is 42.8 Å². The van der Waals surface area contributed by atoms with Crippen molar-refractivity contribution in [3.8, 4) is 11.5 Å². The first-order valence-corrected chi connectivity index (χ1v) is 10.7. The van der Waals surface area contributed by atoms with Crippen LogP contribution in [0.3, 0.4) is 0 Å². The number of pyridine rings is 1. The number of carbonyl (C=O) groups is 1. The van der Waals surface area contributed by atoms with Crippen molar-refractivity contribution in [1.29, 1.82) is 0 Å². The molecule has 1 fully saturated rings. The molecule has 0 spiro atoms. The predicted molar refractivity (Wildman–Crippen MR) is 121 cm³/mol. The van der Waals surface area contributed by atoms with Gasteiger partial charge in [-0.15, -0.1) is 10.2 Å². The summed E-state index contributed by atoms with van der Waals surface area (Å²) >= 11 is 6.00. The predicted octanol–water partition coefficient (Wildman–Crippen LogP) is 4.57. The Morgan fingerprint density at radius 3 is 2.61 bits per heavy atom. The summed E-state index contributed by atoms with van der Waals surface area (Å²) in [4.78, 5) is 21.2. The molecule has 162 valence electrons. The van der Waals surface area contributed by atoms with E-state index in [0.717, 1.165) is 22.6 Å². The number of aryl methyl sites for hydroxylation is 1. The lowest BCUT2D eigenvalue weighted by molar-refractivity contribution is 0.208. The lowest BCUT2D eigenvalue weighted by atomic mass is 10.2. The molecule has 31 heavy (non-hydrogen) atoms. The van der Waals surface area contributed by atoms with Crippen LogP contribution in [-0.4, -0.2) is 52.3 Å². The second-order valence-electron chi connectivity index (χ2n) is 7.84. The second kappa shape index (κ2) is 8.93. The number of hydrogen-bond acceptors (Lipinski definition) is 6. The van der Waals surface area contributed by atoms with Crippen molar-refractivity contribution < 1.29 is 9.21 Å². The number of amides is 2. The van der Waals surface area contributed by atoms with Gasteiger partial charge in [0.15, 0.2) is 0 Å². The Kier molecular flexibility index (Phi) is 6.08. The maximum atomic E-state index is 12.7. The zero-order valence-electron chi connectivity index (χ0n) is 17.8. The molecule has 0 unspecified atom stereocenters. The number of benzene rings is 1. The molecule has 2 amide bonds. The Labute approximate surface area is 186 Å². The molecule has 1 saturated heterocycles. The van der Waals surface area contributed by atoms with Gasteiger partial charge in [-0.3, -0.25) is 0 Å². The molecule has 3 aromatic rings. The van der Waals surface area contributed by atoms with Crippen LogP contribution in [0.4, 0.5) is 16.3 Å². The van der Waals surface area contributed by atoms with Gasteiger partial charge in [0, 0.05) is 49.0 Å². The Morgan fingerprint density at radius 1 is 1.16 bits per heavy atom. The molecule has 8 nitrogen and oxygen atoms in total. The van der Waals surface area contributed by atoms with Gasteiger partial charge in [-0.25, -0.2) is 9.78 Å². The maximum Gasteiger partial charge on any atom is 0.321 e. The fourth-order valence-corrected chi connectivity index (χ4v) is 3.70. The van der Waals surface area contributed by atoms with E-state index >= 15 is 0 Å². The SMILES string of the molecule is Cc1cc(Cl)ccc1NC(=O)N1CCN(c2ncccc2-c2nnc(C(C)C)o2)CC1. The molecular weight excluding hydrogens is 416 g/mol. The van der Waals surface area contributed by atoms with Gasteiger partial charge in [0.2, 0.25) is 5.89 Å². The molecule has 1 aliphatic rings. The quantitative estimate of drug-likeness (QED) is 0.639. The highest BCUT2D eigenvalue weighted by Crippen LogP contribution is 2.30. The van der Waals surface area contributed by atoms with Gasteiger partial charge < -0.3 is 19.5 Å². The van der Waals surface area contributed by atoms with E-state index in [1.54, 1.807) is 17.2 Å². The number of carbonyl (C=O) groups excluding carboxylic acids is 1. The summed E-state index contributed by atoms with van der Waals surface area (Å²) in [6.45, 7) is 8.41. The molecule has 0 atom stereocenters. The highest BCUT2D eigenvalue weighted by molar-refractivity contribution is 6.30. The minimum absolute atomic E-state index is 0.121. The highest BCUT2D eigenvalue weighted by Gasteiger charge is 2.25. The highest BCUT2D eigenvalue weighted by atomic mass is 35.5. The van der Waals surface area contributed by atoms with E-state index in [2.05, 4.69) is 25.4 Å². The fourth-order valence-electron chi connectivity index (χ4n) is 3.48. The lowest BCUT2D eigenvalue weighted by Gasteiger charge is -2.36. The van der Waals surface area contributed by atoms with Gasteiger partial charge in [0.25, 0.3) is 5.89 Å². The Bertz CT molecular complexity index is 1080. The van der Waals surface area contributed by atoms with E-state index in [1.165, 1.54) is 0 Å². The molecule has 1 N–H and O–H groups in total. The molecule has 2 aromatic heterocycles. The van der Waals surface area contributed by atoms with E-state index in [1.807, 2.05) is 45.0 Å². The molecule has 1 aromatic carbocycles. The Balaban J connectivity index is 1.43. The zero-order chi connectivity index (χ0) is 22.0. The van der Waals surface area contributed by atoms with Crippen molar-refractivity contribution in [3.63, 3.8) is 0 Å². The minimum Gasteiger partial charge on any atom is -0.420 e. The van der Waals surface area contributed by atoms with E-state index < -0.39 is 0 Å². The smallest absolute Gasteiger partial charge is 0.321 e. The average molecular weight is 441 g/mol. The summed E-state index contributed by atoms with van der Waals surface area (Å²) in [6, 6.07) is 9.09. The summed E-state index contributed by atoms with van der Waals surface area (Å²) in [5, 5.41) is 12.0. The number of anilines is 2. The van der Waals surface area contributed by atoms with E-state index in [9.17, 15) is 4.79 Å². The molecule has 0 saturated carbocycles. The molecule has 0 bridgehead atoms. The van der Waals surface area contributed by atoms with Gasteiger partial charge in [0.1, 0.15) is 5.82 Å². The number of rotatable bonds is 4. The number of aromatic nitrogens is 3. The topological polar surface area (TPSA) is 87.4 Å². The molecule has 9 heteroatoms. The van der Waals surface area contributed by atoms with Crippen LogP contribution in [0.2, 0.25) is 5.02 Å². The fraction of sp³-hybridized carbons (Fsp3) is 0.364. The van der Waals surface area contributed by atoms with E-state index in [-0.39, 0.29) is 11.9 Å². The van der Waals surface area contributed by atoms with Gasteiger partial charge >= 0.3 is 6.03 Å². The van der Waals surface area contributed by atoms with E-state index in [0.29, 0.717) is 43.0 Å². The summed E-state index contributed by atoms with van der Waals surface area (Å²) in [5.74, 6) is 2.01. The normalized spacial score (nSPS) is 14.2. The molecule has 0 aliphatic carbocycles. The summed E-state index contributed by atoms with van der Waals surface area (Å²) in [7, 11) is 0. The third kappa shape index (κ3) is 4.64. The number of urea groups is 1. The van der Waals surface area contributed by atoms with Gasteiger partial charge in [-0.2, -0.15) is 0 Å². The molecule has 0 radical (unpaired) electrons. The number of piperazine rings is 1. The van der Waals surface area contributed by atoms with Crippen LogP contribution in [0.1, 0.15) is 31.2 Å². The van der Waals surface area contributed by atoms with Crippen molar-refractivity contribution in [1.82, 2.24) is 20.1 Å². The molecule has 4 rings (SSSR count). The third-order valence-electron chi connectivity index (χ3n) is 5.25. The first kappa shape index (κ1) is 21.1. The van der Waals surface area contributed by atoms with Crippen molar-refractivity contribution in [2.45, 2.75) is 26.7 Å². The molecule has 3 heterocycles. The molecular formula is C22H25ClN6O2. The van der Waals surface area contributed by atoms with Crippen molar-refractivity contribution in [2.75, 3.05) is 36.4 Å². The third-order valence-corrected chi connectivity index (χ3v) is 5.48. The average Bonchev–Trinajstić information content (AvgIpc) is 3.26. The lowest BCUT2D eigenvalue weighted by Crippen LogP contribution is -2.50. The summed E-state index contributed by atoms with van der Waals surface area (Å²) in [6.07, 6.45) is 1.75. The van der Waals surface area contributed by atoms with Crippen LogP contribution in [0.25, 0.3) is 11.5 Å². The number of nitrogens with one attached hydrogen (secondary N) is 1. The largest absolute Gasteiger partial charge is 0.420 e. The van der Waals surface area contributed by atoms with Crippen LogP contribution >= 0.6 is 11.6 Å². The van der Waals surface area contributed by atoms with Crippen molar-refractivity contribution in [2.24, 2.45) is 0 Å². The molecule has 1 aliphatic heterocycles. The first-order chi connectivity index (χ1) is 14.9. The summed E-state index contributed by atoms with van der Waals surface area (Å²) < 4.78 is 5.84. The standard InChI is InChI=1S/C22H25ClN6O2/c1-14(2)20-26-27-21(31-20)17-5-4-8-24-19(17)28-9-11-29(12-10-28)22(30)25-18-7-6-16(23)13-15(18)3/h4-8,13-14H,9-12H2,1-3H3,(H,25,30). The zero-order valence-corrected chi connectivity index (χ0v) is 18.6. The van der Waals surface area contributed by atoms with Crippen LogP contribution in [0.15, 0.2) is 40.9 Å². The monoisotopic (exact) mass is 440 g/mol. The van der Waals surface area contributed by atoms with Gasteiger partial charge in [0.05, 0.1) is 5.56 Å². The Hall–Kier alpha value is -3.13. The van der Waals surface area contributed by atoms with Crippen molar-refractivity contribution >= 4 is 29.1 Å². The van der Waals surface area contributed by atoms with Crippen LogP contribution in [0, 0.1) is 6.92 Å². The van der Waals surface area contributed by atoms with Crippen molar-refractivity contribution in [3.05, 3.63) is 53.0 Å². The number of hydrogen-bond donors (Lipinski definition) is 1. The van der Waals surface area contributed by atoms with Crippen LogP contribution in [0.5, 0.6) is 0 Å².